The van der Waals surface area contributed by atoms with Crippen molar-refractivity contribution in [3.05, 3.63) is 93.7 Å². The van der Waals surface area contributed by atoms with Crippen molar-refractivity contribution in [3.8, 4) is 0 Å². The van der Waals surface area contributed by atoms with Crippen LogP contribution >= 0.6 is 43.2 Å². The highest BCUT2D eigenvalue weighted by molar-refractivity contribution is 9.10. The molecule has 4 rings (SSSR count). The van der Waals surface area contributed by atoms with Gasteiger partial charge in [-0.15, -0.1) is 11.3 Å². The molecular weight excluding hydrogens is 612 g/mol. The van der Waals surface area contributed by atoms with Crippen LogP contribution in [0.2, 0.25) is 0 Å². The number of ether oxygens (including phenoxy) is 2. The number of carbonyl (C=O) groups is 2. The third kappa shape index (κ3) is 4.98. The average molecular weight is 634 g/mol. The fourth-order valence-corrected chi connectivity index (χ4v) is 6.03. The van der Waals surface area contributed by atoms with Crippen molar-refractivity contribution in [2.45, 2.75) is 19.8 Å². The summed E-state index contributed by atoms with van der Waals surface area (Å²) in [5, 5.41) is 0. The van der Waals surface area contributed by atoms with E-state index in [-0.39, 0.29) is 30.2 Å². The van der Waals surface area contributed by atoms with Crippen LogP contribution in [-0.4, -0.2) is 29.7 Å². The van der Waals surface area contributed by atoms with E-state index in [2.05, 4.69) is 31.9 Å². The molecule has 0 saturated carbocycles. The maximum atomic E-state index is 13.6. The van der Waals surface area contributed by atoms with Gasteiger partial charge in [0.25, 0.3) is 5.56 Å². The SMILES string of the molecule is CCOC(=O)C1=C(N)n2c(s/c(=C/c3cccc(Br)c3)c2=O)=C(C(=O)OCC)[C@H]1c1cccc(Br)c1. The second-order valence-corrected chi connectivity index (χ2v) is 10.6. The van der Waals surface area contributed by atoms with Gasteiger partial charge in [0.1, 0.15) is 10.5 Å². The molecule has 10 heteroatoms. The number of thiazole rings is 1. The molecule has 2 heterocycles. The van der Waals surface area contributed by atoms with Crippen molar-refractivity contribution in [2.24, 2.45) is 5.73 Å². The number of esters is 2. The average Bonchev–Trinajstić information content (AvgIpc) is 3.15. The van der Waals surface area contributed by atoms with Crippen LogP contribution in [0.3, 0.4) is 0 Å². The van der Waals surface area contributed by atoms with E-state index in [9.17, 15) is 14.4 Å². The number of hydrogen-bond donors (Lipinski definition) is 1. The van der Waals surface area contributed by atoms with Gasteiger partial charge in [0.05, 0.1) is 34.8 Å². The van der Waals surface area contributed by atoms with Crippen LogP contribution in [0.4, 0.5) is 0 Å². The van der Waals surface area contributed by atoms with Crippen LogP contribution in [-0.2, 0) is 19.1 Å². The van der Waals surface area contributed by atoms with E-state index >= 15 is 0 Å². The first-order chi connectivity index (χ1) is 17.3. The minimum Gasteiger partial charge on any atom is -0.463 e. The van der Waals surface area contributed by atoms with Crippen LogP contribution in [0.1, 0.15) is 30.9 Å². The number of aromatic nitrogens is 1. The zero-order chi connectivity index (χ0) is 26.0. The maximum absolute atomic E-state index is 13.6. The summed E-state index contributed by atoms with van der Waals surface area (Å²) in [6.07, 6.45) is 1.72. The van der Waals surface area contributed by atoms with Gasteiger partial charge < -0.3 is 15.2 Å². The molecule has 0 fully saturated rings. The lowest BCUT2D eigenvalue weighted by Crippen LogP contribution is -2.42. The lowest BCUT2D eigenvalue weighted by molar-refractivity contribution is -0.138. The van der Waals surface area contributed by atoms with E-state index in [1.54, 1.807) is 38.1 Å². The molecule has 2 N–H and O–H groups in total. The Morgan fingerprint density at radius 2 is 1.61 bits per heavy atom. The number of nitrogens with zero attached hydrogens (tertiary/aromatic N) is 1. The van der Waals surface area contributed by atoms with Crippen LogP contribution < -0.4 is 20.5 Å². The van der Waals surface area contributed by atoms with E-state index in [0.29, 0.717) is 14.8 Å². The van der Waals surface area contributed by atoms with Gasteiger partial charge in [0, 0.05) is 8.95 Å². The Bertz CT molecular complexity index is 1570. The Kier molecular flexibility index (Phi) is 7.97. The molecule has 2 aromatic carbocycles. The summed E-state index contributed by atoms with van der Waals surface area (Å²) in [5.41, 5.74) is 7.65. The van der Waals surface area contributed by atoms with E-state index in [1.165, 1.54) is 4.57 Å². The second-order valence-electron chi connectivity index (χ2n) is 7.75. The van der Waals surface area contributed by atoms with Gasteiger partial charge in [0.2, 0.25) is 0 Å². The third-order valence-corrected chi connectivity index (χ3v) is 7.56. The number of rotatable bonds is 6. The van der Waals surface area contributed by atoms with E-state index in [0.717, 1.165) is 25.8 Å². The zero-order valence-corrected chi connectivity index (χ0v) is 23.4. The molecule has 1 aromatic heterocycles. The fraction of sp³-hybridized carbons (Fsp3) is 0.192. The second kappa shape index (κ2) is 11.0. The van der Waals surface area contributed by atoms with Gasteiger partial charge >= 0.3 is 11.9 Å². The van der Waals surface area contributed by atoms with Gasteiger partial charge in [0.15, 0.2) is 0 Å². The highest BCUT2D eigenvalue weighted by Gasteiger charge is 2.40. The molecule has 0 spiro atoms. The minimum absolute atomic E-state index is 0.0133. The highest BCUT2D eigenvalue weighted by Crippen LogP contribution is 2.38. The number of fused-ring (bicyclic) bond motifs is 1. The van der Waals surface area contributed by atoms with Crippen LogP contribution in [0.25, 0.3) is 17.5 Å². The molecule has 186 valence electrons. The van der Waals surface area contributed by atoms with Gasteiger partial charge in [-0.2, -0.15) is 0 Å². The van der Waals surface area contributed by atoms with Crippen molar-refractivity contribution >= 4 is 72.6 Å². The smallest absolute Gasteiger partial charge is 0.338 e. The zero-order valence-electron chi connectivity index (χ0n) is 19.4. The summed E-state index contributed by atoms with van der Waals surface area (Å²) in [4.78, 5) is 40.1. The molecule has 0 saturated heterocycles. The molecule has 1 aliphatic rings. The quantitative estimate of drug-likeness (QED) is 0.418. The summed E-state index contributed by atoms with van der Waals surface area (Å²) in [5.74, 6) is -2.31. The summed E-state index contributed by atoms with van der Waals surface area (Å²) in [6, 6.07) is 14.7. The molecule has 0 radical (unpaired) electrons. The largest absolute Gasteiger partial charge is 0.463 e. The lowest BCUT2D eigenvalue weighted by Gasteiger charge is -2.27. The van der Waals surface area contributed by atoms with Crippen molar-refractivity contribution in [1.29, 1.82) is 0 Å². The normalized spacial score (nSPS) is 15.6. The van der Waals surface area contributed by atoms with Crippen LogP contribution in [0.15, 0.2) is 67.8 Å². The molecule has 36 heavy (non-hydrogen) atoms. The Labute approximate surface area is 227 Å². The maximum Gasteiger partial charge on any atom is 0.338 e. The standard InChI is InChI=1S/C26H22Br2N2O5S/c1-3-34-25(32)20-19(15-8-6-10-17(28)13-15)21(26(33)35-4-2)24-30(22(20)29)23(31)18(36-24)12-14-7-5-9-16(27)11-14/h5-13,19H,3-4,29H2,1-2H3/b18-12+/t19-/m0/s1. The number of hydrogen-bond acceptors (Lipinski definition) is 7. The van der Waals surface area contributed by atoms with Crippen LogP contribution in [0.5, 0.6) is 0 Å². The molecule has 0 amide bonds. The molecule has 0 aliphatic carbocycles. The van der Waals surface area contributed by atoms with Gasteiger partial charge in [-0.25, -0.2) is 9.59 Å². The Morgan fingerprint density at radius 1 is 1.00 bits per heavy atom. The number of benzene rings is 2. The monoisotopic (exact) mass is 632 g/mol. The molecule has 1 atom stereocenters. The van der Waals surface area contributed by atoms with Gasteiger partial charge in [-0.05, 0) is 55.3 Å². The summed E-state index contributed by atoms with van der Waals surface area (Å²) in [6.45, 7) is 3.59. The minimum atomic E-state index is -0.891. The van der Waals surface area contributed by atoms with Crippen molar-refractivity contribution in [2.75, 3.05) is 13.2 Å². The molecular formula is C26H22Br2N2O5S. The number of carbonyl (C=O) groups excluding carboxylic acids is 2. The van der Waals surface area contributed by atoms with Gasteiger partial charge in [-0.3, -0.25) is 9.36 Å². The Balaban J connectivity index is 2.12. The van der Waals surface area contributed by atoms with Crippen LogP contribution in [0, 0.1) is 0 Å². The number of nitrogens with two attached hydrogens (primary N) is 1. The highest BCUT2D eigenvalue weighted by atomic mass is 79.9. The third-order valence-electron chi connectivity index (χ3n) is 5.47. The Morgan fingerprint density at radius 3 is 2.22 bits per heavy atom. The summed E-state index contributed by atoms with van der Waals surface area (Å²) >= 11 is 8.02. The lowest BCUT2D eigenvalue weighted by atomic mass is 9.83. The first-order valence-electron chi connectivity index (χ1n) is 11.1. The van der Waals surface area contributed by atoms with Crippen molar-refractivity contribution in [1.82, 2.24) is 4.57 Å². The van der Waals surface area contributed by atoms with Crippen molar-refractivity contribution in [3.63, 3.8) is 0 Å². The Hall–Kier alpha value is -2.95. The molecule has 1 aliphatic heterocycles. The van der Waals surface area contributed by atoms with E-state index < -0.39 is 23.4 Å². The predicted octanol–water partition coefficient (Wildman–Crippen LogP) is 3.47. The van der Waals surface area contributed by atoms with Gasteiger partial charge in [-0.1, -0.05) is 56.1 Å². The van der Waals surface area contributed by atoms with E-state index in [4.69, 9.17) is 15.2 Å². The number of halogens is 2. The molecule has 0 unspecified atom stereocenters. The molecule has 7 nitrogen and oxygen atoms in total. The summed E-state index contributed by atoms with van der Waals surface area (Å²) < 4.78 is 14.2. The van der Waals surface area contributed by atoms with E-state index in [1.807, 2.05) is 30.3 Å². The first kappa shape index (κ1) is 26.1. The fourth-order valence-electron chi connectivity index (χ4n) is 4.03. The molecule has 0 bridgehead atoms. The molecule has 3 aromatic rings. The topological polar surface area (TPSA) is 101 Å². The van der Waals surface area contributed by atoms with Crippen molar-refractivity contribution < 1.29 is 19.1 Å². The first-order valence-corrected chi connectivity index (χ1v) is 13.5. The summed E-state index contributed by atoms with van der Waals surface area (Å²) in [7, 11) is 0. The predicted molar refractivity (Wildman–Crippen MR) is 146 cm³/mol.